The smallest absolute Gasteiger partial charge is 0.0319 e. The van der Waals surface area contributed by atoms with Crippen LogP contribution in [0.5, 0.6) is 0 Å². The predicted octanol–water partition coefficient (Wildman–Crippen LogP) is -1.77. The van der Waals surface area contributed by atoms with Gasteiger partial charge in [-0.3, -0.25) is 0 Å². The molecule has 56 valence electrons. The highest BCUT2D eigenvalue weighted by atomic mass is 16.2. The first kappa shape index (κ1) is 24.9. The van der Waals surface area contributed by atoms with Crippen molar-refractivity contribution in [3.63, 3.8) is 0 Å². The van der Waals surface area contributed by atoms with Crippen LogP contribution in [-0.2, 0) is 0 Å². The summed E-state index contributed by atoms with van der Waals surface area (Å²) in [6.07, 6.45) is 0. The normalized spacial score (nSPS) is 3.75. The summed E-state index contributed by atoms with van der Waals surface area (Å²) in [5.41, 5.74) is 0. The van der Waals surface area contributed by atoms with E-state index in [1.807, 2.05) is 14.1 Å². The minimum atomic E-state index is 0. The third-order valence-corrected chi connectivity index (χ3v) is 0. The Hall–Kier alpha value is -0.160. The zero-order valence-corrected chi connectivity index (χ0v) is 5.89. The molecule has 8 heavy (non-hydrogen) atoms. The van der Waals surface area contributed by atoms with Gasteiger partial charge in [-0.2, -0.15) is 0 Å². The maximum absolute atomic E-state index is 7.00. The molecular formula is C4H17NO3. The fourth-order valence-electron chi connectivity index (χ4n) is 0. The molecule has 0 amide bonds. The van der Waals surface area contributed by atoms with E-state index >= 15 is 0 Å². The van der Waals surface area contributed by atoms with E-state index in [1.165, 1.54) is 0 Å². The molecule has 0 unspecified atom stereocenters. The highest BCUT2D eigenvalue weighted by molar-refractivity contribution is 3.91. The van der Waals surface area contributed by atoms with Crippen LogP contribution in [-0.4, -0.2) is 44.0 Å². The summed E-state index contributed by atoms with van der Waals surface area (Å²) >= 11 is 0. The van der Waals surface area contributed by atoms with Gasteiger partial charge in [0.15, 0.2) is 0 Å². The second-order valence-electron chi connectivity index (χ2n) is 0.500. The largest absolute Gasteiger partial charge is 0.412 e. The molecule has 0 saturated carbocycles. The molecule has 0 aromatic heterocycles. The first-order chi connectivity index (χ1) is 3.41. The molecule has 0 atom stereocenters. The number of hydrogen-bond donors (Lipinski definition) is 3. The van der Waals surface area contributed by atoms with Gasteiger partial charge in [-0.05, 0) is 14.1 Å². The van der Waals surface area contributed by atoms with Gasteiger partial charge in [-0.15, -0.1) is 0 Å². The highest BCUT2D eigenvalue weighted by Gasteiger charge is 1.25. The molecule has 0 heterocycles. The van der Waals surface area contributed by atoms with Crippen LogP contribution < -0.4 is 5.32 Å². The Kier molecular flexibility index (Phi) is 1030. The minimum absolute atomic E-state index is 0. The molecule has 4 nitrogen and oxygen atoms in total. The maximum atomic E-state index is 7.00. The topological polar surface area (TPSA) is 84.0 Å². The van der Waals surface area contributed by atoms with E-state index in [0.29, 0.717) is 0 Å². The summed E-state index contributed by atoms with van der Waals surface area (Å²) in [5.74, 6) is 0. The number of rotatable bonds is 0. The maximum Gasteiger partial charge on any atom is 0.0319 e. The molecule has 0 aromatic carbocycles. The Bertz CT molecular complexity index is 11.2. The van der Waals surface area contributed by atoms with Crippen LogP contribution in [0, 0.1) is 0 Å². The molecule has 0 radical (unpaired) electrons. The molecular weight excluding hydrogens is 110 g/mol. The molecule has 0 spiro atoms. The van der Waals surface area contributed by atoms with Crippen LogP contribution in [0.3, 0.4) is 0 Å². The monoisotopic (exact) mass is 127 g/mol. The van der Waals surface area contributed by atoms with Crippen molar-refractivity contribution in [2.45, 2.75) is 0 Å². The molecule has 0 fully saturated rings. The fraction of sp³-hybridized carbons (Fsp3) is 1.00. The van der Waals surface area contributed by atoms with Crippen LogP contribution in [0.15, 0.2) is 0 Å². The van der Waals surface area contributed by atoms with Crippen molar-refractivity contribution in [2.24, 2.45) is 0 Å². The fourth-order valence-corrected chi connectivity index (χ4v) is 0. The van der Waals surface area contributed by atoms with Gasteiger partial charge in [0.25, 0.3) is 0 Å². The van der Waals surface area contributed by atoms with E-state index in [0.717, 1.165) is 14.2 Å². The van der Waals surface area contributed by atoms with Gasteiger partial charge in [0.1, 0.15) is 0 Å². The lowest BCUT2D eigenvalue weighted by Crippen LogP contribution is -1.89. The SMILES string of the molecule is CNC.CO.CO.O. The molecule has 0 aromatic rings. The molecule has 0 rings (SSSR count). The van der Waals surface area contributed by atoms with Crippen molar-refractivity contribution >= 4 is 0 Å². The van der Waals surface area contributed by atoms with E-state index in [2.05, 4.69) is 5.32 Å². The van der Waals surface area contributed by atoms with Gasteiger partial charge < -0.3 is 21.0 Å². The third kappa shape index (κ3) is 5340. The average molecular weight is 127 g/mol. The van der Waals surface area contributed by atoms with Crippen LogP contribution in [0.2, 0.25) is 0 Å². The van der Waals surface area contributed by atoms with Crippen molar-refractivity contribution in [1.29, 1.82) is 0 Å². The number of aliphatic hydroxyl groups is 2. The van der Waals surface area contributed by atoms with Gasteiger partial charge in [0.05, 0.1) is 0 Å². The van der Waals surface area contributed by atoms with Crippen molar-refractivity contribution in [3.8, 4) is 0 Å². The van der Waals surface area contributed by atoms with Crippen LogP contribution in [0.4, 0.5) is 0 Å². The summed E-state index contributed by atoms with van der Waals surface area (Å²) in [6, 6.07) is 0. The Morgan fingerprint density at radius 1 is 0.875 bits per heavy atom. The summed E-state index contributed by atoms with van der Waals surface area (Å²) < 4.78 is 0. The third-order valence-electron chi connectivity index (χ3n) is 0. The van der Waals surface area contributed by atoms with E-state index in [9.17, 15) is 0 Å². The summed E-state index contributed by atoms with van der Waals surface area (Å²) in [5, 5.41) is 16.8. The van der Waals surface area contributed by atoms with Crippen molar-refractivity contribution in [1.82, 2.24) is 5.32 Å². The first-order valence-corrected chi connectivity index (χ1v) is 1.89. The summed E-state index contributed by atoms with van der Waals surface area (Å²) in [4.78, 5) is 0. The lowest BCUT2D eigenvalue weighted by molar-refractivity contribution is 0.399. The number of hydrogen-bond acceptors (Lipinski definition) is 3. The zero-order valence-electron chi connectivity index (χ0n) is 5.89. The Balaban J connectivity index is -0.0000000147. The van der Waals surface area contributed by atoms with Crippen LogP contribution >= 0.6 is 0 Å². The lowest BCUT2D eigenvalue weighted by Gasteiger charge is -1.59. The van der Waals surface area contributed by atoms with Gasteiger partial charge in [-0.1, -0.05) is 0 Å². The Labute approximate surface area is 50.5 Å². The second kappa shape index (κ2) is 331. The molecule has 4 heteroatoms. The van der Waals surface area contributed by atoms with Crippen molar-refractivity contribution < 1.29 is 15.7 Å². The predicted molar refractivity (Wildman–Crippen MR) is 34.9 cm³/mol. The molecule has 0 bridgehead atoms. The highest BCUT2D eigenvalue weighted by Crippen LogP contribution is 0.981. The molecule has 0 saturated heterocycles. The summed E-state index contributed by atoms with van der Waals surface area (Å²) in [6.45, 7) is 0. The van der Waals surface area contributed by atoms with Crippen molar-refractivity contribution in [3.05, 3.63) is 0 Å². The Morgan fingerprint density at radius 3 is 0.875 bits per heavy atom. The van der Waals surface area contributed by atoms with Crippen molar-refractivity contribution in [2.75, 3.05) is 28.3 Å². The summed E-state index contributed by atoms with van der Waals surface area (Å²) in [7, 11) is 5.75. The average Bonchev–Trinajstić information content (AvgIpc) is 1.78. The number of nitrogens with one attached hydrogen (secondary N) is 1. The number of aliphatic hydroxyl groups excluding tert-OH is 2. The van der Waals surface area contributed by atoms with Gasteiger partial charge in [-0.25, -0.2) is 0 Å². The quantitative estimate of drug-likeness (QED) is 0.360. The molecule has 5 N–H and O–H groups in total. The van der Waals surface area contributed by atoms with E-state index < -0.39 is 0 Å². The van der Waals surface area contributed by atoms with Gasteiger partial charge in [0.2, 0.25) is 0 Å². The van der Waals surface area contributed by atoms with Crippen LogP contribution in [0.25, 0.3) is 0 Å². The first-order valence-electron chi connectivity index (χ1n) is 1.89. The standard InChI is InChI=1S/C2H7N.2CH4O.H2O/c1-3-2;2*1-2;/h3H,1-2H3;2*2H,1H3;1H2. The minimum Gasteiger partial charge on any atom is -0.412 e. The molecule has 0 aliphatic rings. The van der Waals surface area contributed by atoms with E-state index in [1.54, 1.807) is 0 Å². The lowest BCUT2D eigenvalue weighted by atomic mass is 11.3. The van der Waals surface area contributed by atoms with Gasteiger partial charge >= 0.3 is 0 Å². The van der Waals surface area contributed by atoms with E-state index in [-0.39, 0.29) is 5.48 Å². The van der Waals surface area contributed by atoms with Gasteiger partial charge in [0, 0.05) is 14.2 Å². The van der Waals surface area contributed by atoms with E-state index in [4.69, 9.17) is 10.2 Å². The second-order valence-corrected chi connectivity index (χ2v) is 0.500. The Morgan fingerprint density at radius 2 is 0.875 bits per heavy atom. The molecule has 0 aliphatic heterocycles. The molecule has 0 aliphatic carbocycles. The van der Waals surface area contributed by atoms with Crippen LogP contribution in [0.1, 0.15) is 0 Å². The zero-order chi connectivity index (χ0) is 6.71.